The Labute approximate surface area is 159 Å². The molecule has 144 valence electrons. The van der Waals surface area contributed by atoms with Gasteiger partial charge in [-0.1, -0.05) is 12.1 Å². The van der Waals surface area contributed by atoms with E-state index in [1.54, 1.807) is 35.0 Å². The van der Waals surface area contributed by atoms with E-state index in [2.05, 4.69) is 9.97 Å². The molecule has 0 spiro atoms. The maximum absolute atomic E-state index is 11.7. The summed E-state index contributed by atoms with van der Waals surface area (Å²) in [4.78, 5) is 20.1. The number of nitrogens with zero attached hydrogens (tertiary/aromatic N) is 3. The Bertz CT molecular complexity index is 1090. The van der Waals surface area contributed by atoms with Crippen molar-refractivity contribution in [1.29, 1.82) is 0 Å². The van der Waals surface area contributed by atoms with Gasteiger partial charge in [-0.2, -0.15) is 0 Å². The van der Waals surface area contributed by atoms with E-state index in [-0.39, 0.29) is 24.5 Å². The number of hydrogen-bond acceptors (Lipinski definition) is 8. The van der Waals surface area contributed by atoms with E-state index in [9.17, 15) is 15.0 Å². The number of hydrogen-bond donors (Lipinski definition) is 3. The normalized spacial score (nSPS) is 16.4. The van der Waals surface area contributed by atoms with E-state index in [4.69, 9.17) is 15.2 Å². The topological polar surface area (TPSA) is 133 Å². The second kappa shape index (κ2) is 6.86. The Morgan fingerprint density at radius 3 is 2.75 bits per heavy atom. The number of ether oxygens (including phenoxy) is 2. The van der Waals surface area contributed by atoms with Gasteiger partial charge in [0.2, 0.25) is 0 Å². The minimum Gasteiger partial charge on any atom is -0.508 e. The molecule has 4 N–H and O–H groups in total. The van der Waals surface area contributed by atoms with Crippen molar-refractivity contribution in [2.24, 2.45) is 0 Å². The second-order valence-electron chi connectivity index (χ2n) is 6.28. The Morgan fingerprint density at radius 1 is 1.36 bits per heavy atom. The van der Waals surface area contributed by atoms with Gasteiger partial charge in [0.15, 0.2) is 12.0 Å². The number of methoxy groups -OCH3 is 1. The molecule has 0 unspecified atom stereocenters. The fourth-order valence-electron chi connectivity index (χ4n) is 3.29. The van der Waals surface area contributed by atoms with Crippen molar-refractivity contribution in [3.05, 3.63) is 53.9 Å². The van der Waals surface area contributed by atoms with Crippen LogP contribution in [0.2, 0.25) is 0 Å². The number of benzene rings is 1. The molecule has 3 heterocycles. The number of anilines is 1. The molecule has 28 heavy (non-hydrogen) atoms. The first-order valence-electron chi connectivity index (χ1n) is 8.51. The molecule has 9 nitrogen and oxygen atoms in total. The van der Waals surface area contributed by atoms with E-state index in [0.29, 0.717) is 22.4 Å². The van der Waals surface area contributed by atoms with Crippen LogP contribution in [0.15, 0.2) is 48.3 Å². The molecule has 1 aliphatic heterocycles. The van der Waals surface area contributed by atoms with Crippen molar-refractivity contribution >= 4 is 22.8 Å². The monoisotopic (exact) mass is 382 g/mol. The first-order valence-corrected chi connectivity index (χ1v) is 8.51. The van der Waals surface area contributed by atoms with Crippen LogP contribution in [0.4, 0.5) is 5.82 Å². The van der Waals surface area contributed by atoms with Gasteiger partial charge in [-0.3, -0.25) is 4.57 Å². The summed E-state index contributed by atoms with van der Waals surface area (Å²) < 4.78 is 12.1. The van der Waals surface area contributed by atoms with Crippen molar-refractivity contribution < 1.29 is 24.5 Å². The highest BCUT2D eigenvalue weighted by molar-refractivity contribution is 6.01. The first kappa shape index (κ1) is 17.8. The summed E-state index contributed by atoms with van der Waals surface area (Å²) in [5, 5.41) is 19.9. The van der Waals surface area contributed by atoms with Crippen LogP contribution in [0, 0.1) is 0 Å². The third-order valence-electron chi connectivity index (χ3n) is 4.68. The molecule has 3 aromatic rings. The number of aliphatic hydroxyl groups is 2. The van der Waals surface area contributed by atoms with Gasteiger partial charge >= 0.3 is 5.97 Å². The fourth-order valence-corrected chi connectivity index (χ4v) is 3.29. The van der Waals surface area contributed by atoms with Crippen molar-refractivity contribution in [2.45, 2.75) is 12.6 Å². The van der Waals surface area contributed by atoms with Crippen LogP contribution < -0.4 is 5.73 Å². The zero-order valence-corrected chi connectivity index (χ0v) is 15.0. The van der Waals surface area contributed by atoms with E-state index in [1.165, 1.54) is 13.4 Å². The van der Waals surface area contributed by atoms with Crippen LogP contribution in [0.3, 0.4) is 0 Å². The van der Waals surface area contributed by atoms with Crippen molar-refractivity contribution in [3.8, 4) is 11.1 Å². The fraction of sp³-hybridized carbons (Fsp3) is 0.211. The quantitative estimate of drug-likeness (QED) is 0.585. The molecule has 1 aliphatic rings. The number of carbonyl (C=O) groups is 1. The molecule has 0 bridgehead atoms. The molecule has 0 saturated heterocycles. The summed E-state index contributed by atoms with van der Waals surface area (Å²) in [6.07, 6.45) is 2.79. The average Bonchev–Trinajstić information content (AvgIpc) is 3.28. The summed E-state index contributed by atoms with van der Waals surface area (Å²) in [6.45, 7) is -0.388. The number of fused-ring (bicyclic) bond motifs is 1. The lowest BCUT2D eigenvalue weighted by Crippen LogP contribution is -2.08. The molecule has 0 fully saturated rings. The number of nitrogens with two attached hydrogens (primary N) is 1. The highest BCUT2D eigenvalue weighted by atomic mass is 16.5. The lowest BCUT2D eigenvalue weighted by atomic mass is 10.0. The van der Waals surface area contributed by atoms with Gasteiger partial charge in [0.25, 0.3) is 0 Å². The number of carbonyl (C=O) groups excluding carboxylic acids is 1. The number of esters is 1. The van der Waals surface area contributed by atoms with Gasteiger partial charge in [0, 0.05) is 11.8 Å². The number of aliphatic hydroxyl groups excluding tert-OH is 2. The van der Waals surface area contributed by atoms with Gasteiger partial charge < -0.3 is 25.4 Å². The summed E-state index contributed by atoms with van der Waals surface area (Å²) in [6, 6.07) is 6.88. The molecule has 1 aromatic carbocycles. The van der Waals surface area contributed by atoms with Crippen LogP contribution in [-0.2, 0) is 9.47 Å². The van der Waals surface area contributed by atoms with Crippen LogP contribution >= 0.6 is 0 Å². The molecule has 0 amide bonds. The van der Waals surface area contributed by atoms with E-state index < -0.39 is 12.2 Å². The van der Waals surface area contributed by atoms with Crippen LogP contribution in [0.5, 0.6) is 0 Å². The van der Waals surface area contributed by atoms with E-state index >= 15 is 0 Å². The largest absolute Gasteiger partial charge is 0.508 e. The summed E-state index contributed by atoms with van der Waals surface area (Å²) in [7, 11) is 1.33. The van der Waals surface area contributed by atoms with Gasteiger partial charge in [-0.15, -0.1) is 0 Å². The average molecular weight is 382 g/mol. The van der Waals surface area contributed by atoms with Crippen LogP contribution in [0.1, 0.15) is 23.0 Å². The van der Waals surface area contributed by atoms with Gasteiger partial charge in [0.05, 0.1) is 24.5 Å². The third-order valence-corrected chi connectivity index (χ3v) is 4.68. The van der Waals surface area contributed by atoms with Crippen molar-refractivity contribution in [3.63, 3.8) is 0 Å². The highest BCUT2D eigenvalue weighted by Crippen LogP contribution is 2.38. The zero-order valence-electron chi connectivity index (χ0n) is 15.0. The molecule has 0 aliphatic carbocycles. The highest BCUT2D eigenvalue weighted by Gasteiger charge is 2.29. The summed E-state index contributed by atoms with van der Waals surface area (Å²) in [5.41, 5.74) is 8.63. The minimum absolute atomic E-state index is 0.000332. The predicted molar refractivity (Wildman–Crippen MR) is 100 cm³/mol. The lowest BCUT2D eigenvalue weighted by Gasteiger charge is -2.14. The number of rotatable bonds is 4. The van der Waals surface area contributed by atoms with E-state index in [0.717, 1.165) is 11.1 Å². The third kappa shape index (κ3) is 2.81. The Morgan fingerprint density at radius 2 is 2.11 bits per heavy atom. The van der Waals surface area contributed by atoms with Gasteiger partial charge in [0.1, 0.15) is 30.2 Å². The Balaban J connectivity index is 1.81. The molecular weight excluding hydrogens is 364 g/mol. The number of nitrogen functional groups attached to an aromatic ring is 1. The van der Waals surface area contributed by atoms with Crippen LogP contribution in [0.25, 0.3) is 22.2 Å². The first-order chi connectivity index (χ1) is 13.5. The molecule has 0 saturated carbocycles. The Hall–Kier alpha value is -3.59. The van der Waals surface area contributed by atoms with Gasteiger partial charge in [-0.05, 0) is 17.7 Å². The van der Waals surface area contributed by atoms with E-state index in [1.807, 2.05) is 0 Å². The summed E-state index contributed by atoms with van der Waals surface area (Å²) >= 11 is 0. The molecule has 1 atom stereocenters. The number of aromatic nitrogens is 3. The minimum atomic E-state index is -0.568. The maximum atomic E-state index is 11.7. The zero-order chi connectivity index (χ0) is 19.8. The lowest BCUT2D eigenvalue weighted by molar-refractivity contribution is 0.0600. The smallest absolute Gasteiger partial charge is 0.337 e. The predicted octanol–water partition coefficient (Wildman–Crippen LogP) is 2.15. The SMILES string of the molecule is COC(=O)c1ccc(-c2cn([C@H]3CC(O)=C(CO)O3)c3ncnc(N)c23)cc1. The van der Waals surface area contributed by atoms with Crippen LogP contribution in [-0.4, -0.2) is 44.4 Å². The van der Waals surface area contributed by atoms with Gasteiger partial charge in [-0.25, -0.2) is 14.8 Å². The second-order valence-corrected chi connectivity index (χ2v) is 6.28. The summed E-state index contributed by atoms with van der Waals surface area (Å²) in [5.74, 6) is 0.0147. The Kier molecular flexibility index (Phi) is 4.36. The molecular formula is C19H18N4O5. The molecule has 9 heteroatoms. The van der Waals surface area contributed by atoms with Crippen molar-refractivity contribution in [1.82, 2.24) is 14.5 Å². The van der Waals surface area contributed by atoms with Crippen molar-refractivity contribution in [2.75, 3.05) is 19.5 Å². The maximum Gasteiger partial charge on any atom is 0.337 e. The molecule has 0 radical (unpaired) electrons. The molecule has 4 rings (SSSR count). The standard InChI is InChI=1S/C19H18N4O5/c1-27-19(26)11-4-2-10(3-5-11)12-7-23(15-6-13(25)14(8-24)28-15)18-16(12)17(20)21-9-22-18/h2-5,7,9,15,24-25H,6,8H2,1H3,(H2,20,21,22)/t15-/m1/s1. The molecule has 2 aromatic heterocycles.